The van der Waals surface area contributed by atoms with Gasteiger partial charge in [-0.25, -0.2) is 9.97 Å². The minimum atomic E-state index is -0.463. The van der Waals surface area contributed by atoms with Crippen LogP contribution in [-0.2, 0) is 24.6 Å². The quantitative estimate of drug-likeness (QED) is 0.628. The highest BCUT2D eigenvalue weighted by Crippen LogP contribution is 2.29. The zero-order chi connectivity index (χ0) is 20.5. The predicted molar refractivity (Wildman–Crippen MR) is 114 cm³/mol. The molecule has 0 saturated carbocycles. The van der Waals surface area contributed by atoms with E-state index >= 15 is 0 Å². The highest BCUT2D eigenvalue weighted by atomic mass is 16.5. The number of aryl methyl sites for hydroxylation is 2. The maximum Gasteiger partial charge on any atom is 0.160 e. The van der Waals surface area contributed by atoms with Crippen LogP contribution in [0.5, 0.6) is 0 Å². The summed E-state index contributed by atoms with van der Waals surface area (Å²) < 4.78 is 9.24. The SMILES string of the molecule is Cn1ccnc1-c1cc2nc3c(c(NCC(O)CN4CCOCC4)n2n1)CCCC3. The van der Waals surface area contributed by atoms with E-state index in [-0.39, 0.29) is 0 Å². The lowest BCUT2D eigenvalue weighted by molar-refractivity contribution is 0.0171. The van der Waals surface area contributed by atoms with E-state index in [0.717, 1.165) is 80.7 Å². The average molecular weight is 412 g/mol. The fourth-order valence-electron chi connectivity index (χ4n) is 4.41. The van der Waals surface area contributed by atoms with Gasteiger partial charge in [0.2, 0.25) is 0 Å². The Morgan fingerprint density at radius 2 is 2.07 bits per heavy atom. The van der Waals surface area contributed by atoms with Crippen LogP contribution in [0.1, 0.15) is 24.1 Å². The summed E-state index contributed by atoms with van der Waals surface area (Å²) in [5.74, 6) is 1.77. The molecule has 30 heavy (non-hydrogen) atoms. The van der Waals surface area contributed by atoms with Crippen molar-refractivity contribution in [1.82, 2.24) is 29.0 Å². The summed E-state index contributed by atoms with van der Waals surface area (Å²) in [7, 11) is 1.96. The number of aliphatic hydroxyl groups is 1. The third kappa shape index (κ3) is 3.80. The molecule has 3 aromatic rings. The lowest BCUT2D eigenvalue weighted by Gasteiger charge is -2.29. The van der Waals surface area contributed by atoms with Crippen LogP contribution in [0.2, 0.25) is 0 Å². The number of morpholine rings is 1. The fraction of sp³-hybridized carbons (Fsp3) is 0.571. The second-order valence-electron chi connectivity index (χ2n) is 8.20. The Labute approximate surface area is 175 Å². The largest absolute Gasteiger partial charge is 0.390 e. The van der Waals surface area contributed by atoms with Crippen LogP contribution in [0, 0.1) is 0 Å². The van der Waals surface area contributed by atoms with Gasteiger partial charge in [0, 0.05) is 62.9 Å². The first-order valence-electron chi connectivity index (χ1n) is 10.8. The van der Waals surface area contributed by atoms with E-state index in [1.807, 2.05) is 28.4 Å². The summed E-state index contributed by atoms with van der Waals surface area (Å²) in [6.45, 7) is 4.34. The smallest absolute Gasteiger partial charge is 0.160 e. The average Bonchev–Trinajstić information content (AvgIpc) is 3.37. The van der Waals surface area contributed by atoms with Crippen molar-refractivity contribution in [2.75, 3.05) is 44.7 Å². The number of hydrogen-bond acceptors (Lipinski definition) is 7. The topological polar surface area (TPSA) is 92.7 Å². The Kier molecular flexibility index (Phi) is 5.41. The number of nitrogens with zero attached hydrogens (tertiary/aromatic N) is 6. The van der Waals surface area contributed by atoms with Gasteiger partial charge in [-0.1, -0.05) is 0 Å². The molecule has 9 heteroatoms. The minimum absolute atomic E-state index is 0.463. The number of fused-ring (bicyclic) bond motifs is 2. The van der Waals surface area contributed by atoms with Gasteiger partial charge in [-0.15, -0.1) is 0 Å². The lowest BCUT2D eigenvalue weighted by atomic mass is 9.96. The zero-order valence-corrected chi connectivity index (χ0v) is 17.4. The van der Waals surface area contributed by atoms with Crippen molar-refractivity contribution in [3.63, 3.8) is 0 Å². The van der Waals surface area contributed by atoms with Crippen LogP contribution < -0.4 is 5.32 Å². The molecular weight excluding hydrogens is 382 g/mol. The molecule has 1 unspecified atom stereocenters. The highest BCUT2D eigenvalue weighted by molar-refractivity contribution is 5.63. The summed E-state index contributed by atoms with van der Waals surface area (Å²) in [4.78, 5) is 11.6. The van der Waals surface area contributed by atoms with Gasteiger partial charge in [0.15, 0.2) is 11.5 Å². The van der Waals surface area contributed by atoms with Crippen molar-refractivity contribution in [2.24, 2.45) is 7.05 Å². The molecule has 0 radical (unpaired) electrons. The summed E-state index contributed by atoms with van der Waals surface area (Å²) >= 11 is 0. The van der Waals surface area contributed by atoms with Crippen molar-refractivity contribution in [3.8, 4) is 11.5 Å². The van der Waals surface area contributed by atoms with Crippen LogP contribution in [0.15, 0.2) is 18.5 Å². The number of aliphatic hydroxyl groups excluding tert-OH is 1. The predicted octanol–water partition coefficient (Wildman–Crippen LogP) is 1.11. The standard InChI is InChI=1S/C21H29N7O2/c1-26-7-6-22-21(26)18-12-19-24-17-5-3-2-4-16(17)20(28(19)25-18)23-13-15(29)14-27-8-10-30-11-9-27/h6-7,12,15,23,29H,2-5,8-11,13-14H2,1H3. The van der Waals surface area contributed by atoms with Gasteiger partial charge in [-0.05, 0) is 25.7 Å². The van der Waals surface area contributed by atoms with E-state index in [0.29, 0.717) is 13.1 Å². The van der Waals surface area contributed by atoms with Gasteiger partial charge in [0.1, 0.15) is 11.5 Å². The van der Waals surface area contributed by atoms with E-state index in [1.54, 1.807) is 6.20 Å². The first-order valence-corrected chi connectivity index (χ1v) is 10.8. The van der Waals surface area contributed by atoms with E-state index in [2.05, 4.69) is 15.2 Å². The molecular formula is C21H29N7O2. The molecule has 0 amide bonds. The lowest BCUT2D eigenvalue weighted by Crippen LogP contribution is -2.42. The first kappa shape index (κ1) is 19.5. The molecule has 1 aliphatic heterocycles. The number of ether oxygens (including phenoxy) is 1. The van der Waals surface area contributed by atoms with Crippen molar-refractivity contribution >= 4 is 11.5 Å². The minimum Gasteiger partial charge on any atom is -0.390 e. The van der Waals surface area contributed by atoms with Gasteiger partial charge in [-0.2, -0.15) is 9.61 Å². The Morgan fingerprint density at radius 1 is 1.23 bits per heavy atom. The van der Waals surface area contributed by atoms with Gasteiger partial charge >= 0.3 is 0 Å². The van der Waals surface area contributed by atoms with Crippen LogP contribution in [0.25, 0.3) is 17.2 Å². The second kappa shape index (κ2) is 8.33. The van der Waals surface area contributed by atoms with Crippen molar-refractivity contribution in [1.29, 1.82) is 0 Å². The Bertz CT molecular complexity index is 1020. The van der Waals surface area contributed by atoms with Crippen LogP contribution >= 0.6 is 0 Å². The van der Waals surface area contributed by atoms with E-state index < -0.39 is 6.10 Å². The van der Waals surface area contributed by atoms with Crippen LogP contribution in [0.4, 0.5) is 5.82 Å². The maximum atomic E-state index is 10.6. The summed E-state index contributed by atoms with van der Waals surface area (Å²) in [5, 5.41) is 18.9. The molecule has 9 nitrogen and oxygen atoms in total. The van der Waals surface area contributed by atoms with E-state index in [1.165, 1.54) is 5.56 Å². The molecule has 1 atom stereocenters. The molecule has 160 valence electrons. The molecule has 4 heterocycles. The maximum absolute atomic E-state index is 10.6. The third-order valence-electron chi connectivity index (χ3n) is 6.00. The molecule has 0 spiro atoms. The molecule has 2 N–H and O–H groups in total. The Morgan fingerprint density at radius 3 is 2.87 bits per heavy atom. The molecule has 0 aromatic carbocycles. The normalized spacial score (nSPS) is 18.5. The number of rotatable bonds is 6. The molecule has 2 aliphatic rings. The van der Waals surface area contributed by atoms with Crippen molar-refractivity contribution < 1.29 is 9.84 Å². The van der Waals surface area contributed by atoms with Gasteiger partial charge in [0.25, 0.3) is 0 Å². The third-order valence-corrected chi connectivity index (χ3v) is 6.00. The number of anilines is 1. The van der Waals surface area contributed by atoms with E-state index in [4.69, 9.17) is 14.8 Å². The van der Waals surface area contributed by atoms with Crippen molar-refractivity contribution in [3.05, 3.63) is 29.7 Å². The molecule has 1 aliphatic carbocycles. The molecule has 5 rings (SSSR count). The molecule has 1 fully saturated rings. The summed E-state index contributed by atoms with van der Waals surface area (Å²) in [5.41, 5.74) is 3.99. The van der Waals surface area contributed by atoms with Crippen LogP contribution in [0.3, 0.4) is 0 Å². The zero-order valence-electron chi connectivity index (χ0n) is 17.4. The second-order valence-corrected chi connectivity index (χ2v) is 8.20. The number of hydrogen-bond donors (Lipinski definition) is 2. The summed E-state index contributed by atoms with van der Waals surface area (Å²) in [6.07, 6.45) is 7.51. The van der Waals surface area contributed by atoms with Gasteiger partial charge < -0.3 is 19.7 Å². The molecule has 3 aromatic heterocycles. The first-order chi connectivity index (χ1) is 14.7. The van der Waals surface area contributed by atoms with Gasteiger partial charge in [0.05, 0.1) is 19.3 Å². The van der Waals surface area contributed by atoms with Gasteiger partial charge in [-0.3, -0.25) is 4.90 Å². The van der Waals surface area contributed by atoms with E-state index in [9.17, 15) is 5.11 Å². The number of imidazole rings is 1. The fourth-order valence-corrected chi connectivity index (χ4v) is 4.41. The Balaban J connectivity index is 1.43. The Hall–Kier alpha value is -2.49. The summed E-state index contributed by atoms with van der Waals surface area (Å²) in [6, 6.07) is 1.99. The monoisotopic (exact) mass is 411 g/mol. The number of β-amino-alcohol motifs (C(OH)–C–C–N with tert-alkyl or cyclic N) is 1. The van der Waals surface area contributed by atoms with Crippen LogP contribution in [-0.4, -0.2) is 79.7 Å². The number of nitrogens with one attached hydrogen (secondary N) is 1. The highest BCUT2D eigenvalue weighted by Gasteiger charge is 2.22. The van der Waals surface area contributed by atoms with Crippen molar-refractivity contribution in [2.45, 2.75) is 31.8 Å². The number of aromatic nitrogens is 5. The molecule has 1 saturated heterocycles. The molecule has 0 bridgehead atoms.